The zero-order chi connectivity index (χ0) is 17.2. The Morgan fingerprint density at radius 1 is 1.29 bits per heavy atom. The van der Waals surface area contributed by atoms with Crippen molar-refractivity contribution in [1.29, 1.82) is 0 Å². The van der Waals surface area contributed by atoms with Gasteiger partial charge in [0.25, 0.3) is 5.69 Å². The lowest BCUT2D eigenvalue weighted by Gasteiger charge is -2.24. The van der Waals surface area contributed by atoms with E-state index in [2.05, 4.69) is 4.72 Å². The minimum Gasteiger partial charge on any atom is -0.329 e. The molecule has 0 heterocycles. The van der Waals surface area contributed by atoms with E-state index in [1.807, 2.05) is 0 Å². The molecule has 1 fully saturated rings. The molecular weight excluding hydrogens is 354 g/mol. The second kappa shape index (κ2) is 8.24. The van der Waals surface area contributed by atoms with Crippen molar-refractivity contribution in [3.63, 3.8) is 0 Å². The smallest absolute Gasteiger partial charge is 0.270 e. The first-order valence-electron chi connectivity index (χ1n) is 7.74. The van der Waals surface area contributed by atoms with E-state index in [1.165, 1.54) is 12.1 Å². The van der Waals surface area contributed by atoms with Gasteiger partial charge in [0.1, 0.15) is 0 Å². The first kappa shape index (κ1) is 20.8. The molecule has 0 amide bonds. The van der Waals surface area contributed by atoms with Crippen LogP contribution in [-0.2, 0) is 10.0 Å². The molecule has 1 unspecified atom stereocenters. The molecule has 24 heavy (non-hydrogen) atoms. The van der Waals surface area contributed by atoms with Crippen molar-refractivity contribution in [2.24, 2.45) is 11.7 Å². The predicted octanol–water partition coefficient (Wildman–Crippen LogP) is 2.43. The highest BCUT2D eigenvalue weighted by Gasteiger charge is 2.30. The van der Waals surface area contributed by atoms with Crippen LogP contribution >= 0.6 is 12.4 Å². The molecule has 1 aromatic carbocycles. The van der Waals surface area contributed by atoms with Gasteiger partial charge in [0.15, 0.2) is 0 Å². The second-order valence-electron chi connectivity index (χ2n) is 6.17. The van der Waals surface area contributed by atoms with E-state index in [0.717, 1.165) is 25.7 Å². The van der Waals surface area contributed by atoms with Gasteiger partial charge in [0.05, 0.1) is 9.82 Å². The number of nitrogens with one attached hydrogen (secondary N) is 1. The maximum Gasteiger partial charge on any atom is 0.270 e. The van der Waals surface area contributed by atoms with Crippen LogP contribution in [0.5, 0.6) is 0 Å². The van der Waals surface area contributed by atoms with Crippen molar-refractivity contribution in [2.75, 3.05) is 6.54 Å². The summed E-state index contributed by atoms with van der Waals surface area (Å²) in [5.74, 6) is 0.258. The molecule has 0 radical (unpaired) electrons. The quantitative estimate of drug-likeness (QED) is 0.583. The van der Waals surface area contributed by atoms with Crippen molar-refractivity contribution in [2.45, 2.75) is 50.5 Å². The van der Waals surface area contributed by atoms with Gasteiger partial charge in [-0.25, -0.2) is 13.1 Å². The first-order valence-corrected chi connectivity index (χ1v) is 9.22. The summed E-state index contributed by atoms with van der Waals surface area (Å²) in [6, 6.07) is 2.28. The molecule has 2 rings (SSSR count). The van der Waals surface area contributed by atoms with Crippen LogP contribution in [0.15, 0.2) is 17.0 Å². The van der Waals surface area contributed by atoms with E-state index in [1.54, 1.807) is 13.8 Å². The molecule has 0 bridgehead atoms. The number of rotatable bonds is 6. The molecule has 1 aliphatic carbocycles. The van der Waals surface area contributed by atoms with Crippen LogP contribution in [0, 0.1) is 29.9 Å². The number of nitrogens with two attached hydrogens (primary N) is 1. The van der Waals surface area contributed by atoms with Gasteiger partial charge in [-0.05, 0) is 43.7 Å². The standard InChI is InChI=1S/C15H23N3O4S.ClH/c1-10-7-13(18(19)20)8-11(2)15(10)23(21,22)17-14(9-16)12-5-3-4-6-12;/h7-8,12,14,17H,3-6,9,16H2,1-2H3;1H. The van der Waals surface area contributed by atoms with Crippen molar-refractivity contribution >= 4 is 28.1 Å². The van der Waals surface area contributed by atoms with Crippen LogP contribution < -0.4 is 10.5 Å². The van der Waals surface area contributed by atoms with Gasteiger partial charge in [0, 0.05) is 24.7 Å². The van der Waals surface area contributed by atoms with Gasteiger partial charge in [-0.1, -0.05) is 12.8 Å². The highest BCUT2D eigenvalue weighted by atomic mass is 35.5. The number of nitrogens with zero attached hydrogens (tertiary/aromatic N) is 1. The topological polar surface area (TPSA) is 115 Å². The number of halogens is 1. The zero-order valence-electron chi connectivity index (χ0n) is 13.8. The number of nitro benzene ring substituents is 1. The molecule has 1 aliphatic rings. The number of benzene rings is 1. The number of hydrogen-bond acceptors (Lipinski definition) is 5. The van der Waals surface area contributed by atoms with Gasteiger partial charge in [-0.3, -0.25) is 10.1 Å². The first-order chi connectivity index (χ1) is 10.8. The summed E-state index contributed by atoms with van der Waals surface area (Å²) in [6.07, 6.45) is 4.14. The predicted molar refractivity (Wildman–Crippen MR) is 94.9 cm³/mol. The molecule has 136 valence electrons. The summed E-state index contributed by atoms with van der Waals surface area (Å²) in [5.41, 5.74) is 6.39. The largest absolute Gasteiger partial charge is 0.329 e. The van der Waals surface area contributed by atoms with Crippen LogP contribution in [0.3, 0.4) is 0 Å². The average Bonchev–Trinajstić information content (AvgIpc) is 2.97. The van der Waals surface area contributed by atoms with E-state index in [9.17, 15) is 18.5 Å². The van der Waals surface area contributed by atoms with Crippen molar-refractivity contribution in [1.82, 2.24) is 4.72 Å². The van der Waals surface area contributed by atoms with E-state index in [4.69, 9.17) is 5.73 Å². The lowest BCUT2D eigenvalue weighted by atomic mass is 9.99. The molecule has 7 nitrogen and oxygen atoms in total. The van der Waals surface area contributed by atoms with Crippen LogP contribution in [0.25, 0.3) is 0 Å². The number of sulfonamides is 1. The van der Waals surface area contributed by atoms with E-state index in [-0.39, 0.29) is 41.5 Å². The molecule has 0 spiro atoms. The highest BCUT2D eigenvalue weighted by Crippen LogP contribution is 2.30. The van der Waals surface area contributed by atoms with Crippen LogP contribution in [0.2, 0.25) is 0 Å². The van der Waals surface area contributed by atoms with E-state index >= 15 is 0 Å². The van der Waals surface area contributed by atoms with Crippen LogP contribution in [0.4, 0.5) is 5.69 Å². The summed E-state index contributed by atoms with van der Waals surface area (Å²) in [7, 11) is -3.77. The summed E-state index contributed by atoms with van der Waals surface area (Å²) in [4.78, 5) is 10.5. The molecule has 3 N–H and O–H groups in total. The number of aryl methyl sites for hydroxylation is 2. The Labute approximate surface area is 148 Å². The highest BCUT2D eigenvalue weighted by molar-refractivity contribution is 7.89. The van der Waals surface area contributed by atoms with E-state index < -0.39 is 14.9 Å². The van der Waals surface area contributed by atoms with Crippen molar-refractivity contribution in [3.05, 3.63) is 33.4 Å². The zero-order valence-corrected chi connectivity index (χ0v) is 15.5. The fourth-order valence-electron chi connectivity index (χ4n) is 3.41. The number of non-ortho nitro benzene ring substituents is 1. The molecule has 0 aliphatic heterocycles. The Balaban J connectivity index is 0.00000288. The van der Waals surface area contributed by atoms with Gasteiger partial charge in [0.2, 0.25) is 10.0 Å². The fourth-order valence-corrected chi connectivity index (χ4v) is 5.18. The van der Waals surface area contributed by atoms with Gasteiger partial charge in [-0.2, -0.15) is 0 Å². The Hall–Kier alpha value is -1.22. The molecule has 0 saturated heterocycles. The molecule has 1 aromatic rings. The summed E-state index contributed by atoms with van der Waals surface area (Å²) < 4.78 is 28.2. The lowest BCUT2D eigenvalue weighted by molar-refractivity contribution is -0.385. The van der Waals surface area contributed by atoms with E-state index in [0.29, 0.717) is 11.1 Å². The van der Waals surface area contributed by atoms with Crippen LogP contribution in [0.1, 0.15) is 36.8 Å². The lowest BCUT2D eigenvalue weighted by Crippen LogP contribution is -2.44. The third kappa shape index (κ3) is 4.44. The number of nitro groups is 1. The summed E-state index contributed by atoms with van der Waals surface area (Å²) in [6.45, 7) is 3.39. The number of hydrogen-bond donors (Lipinski definition) is 2. The maximum absolute atomic E-state index is 12.7. The Morgan fingerprint density at radius 3 is 2.21 bits per heavy atom. The molecule has 9 heteroatoms. The fraction of sp³-hybridized carbons (Fsp3) is 0.600. The average molecular weight is 378 g/mol. The minimum atomic E-state index is -3.77. The molecule has 1 saturated carbocycles. The third-order valence-electron chi connectivity index (χ3n) is 4.45. The van der Waals surface area contributed by atoms with Crippen molar-refractivity contribution in [3.8, 4) is 0 Å². The normalized spacial score (nSPS) is 16.6. The third-order valence-corrected chi connectivity index (χ3v) is 6.25. The van der Waals surface area contributed by atoms with Gasteiger partial charge >= 0.3 is 0 Å². The molecule has 1 atom stereocenters. The monoisotopic (exact) mass is 377 g/mol. The van der Waals surface area contributed by atoms with Gasteiger partial charge < -0.3 is 5.73 Å². The minimum absolute atomic E-state index is 0. The van der Waals surface area contributed by atoms with Crippen molar-refractivity contribution < 1.29 is 13.3 Å². The molecular formula is C15H24ClN3O4S. The summed E-state index contributed by atoms with van der Waals surface area (Å²) >= 11 is 0. The Morgan fingerprint density at radius 2 is 1.79 bits per heavy atom. The SMILES string of the molecule is Cc1cc([N+](=O)[O-])cc(C)c1S(=O)(=O)NC(CN)C1CCCC1.Cl. The van der Waals surface area contributed by atoms with Gasteiger partial charge in [-0.15, -0.1) is 12.4 Å². The Kier molecular flexibility index (Phi) is 7.15. The second-order valence-corrected chi connectivity index (χ2v) is 7.82. The maximum atomic E-state index is 12.7. The Bertz CT molecular complexity index is 680. The molecule has 0 aromatic heterocycles. The summed E-state index contributed by atoms with van der Waals surface area (Å²) in [5, 5.41) is 10.9. The van der Waals surface area contributed by atoms with Crippen LogP contribution in [-0.4, -0.2) is 25.9 Å².